The van der Waals surface area contributed by atoms with Crippen LogP contribution in [0.2, 0.25) is 0 Å². The fraction of sp³-hybridized carbons (Fsp3) is 0.121. The Kier molecular flexibility index (Phi) is 3.27. The minimum atomic E-state index is 0.953. The smallest absolute Gasteiger partial charge is 0.0539 e. The molecule has 9 rings (SSSR count). The number of hydrogen-bond acceptors (Lipinski definition) is 2. The molecule has 0 N–H and O–H groups in total. The Balaban J connectivity index is 1.34. The standard InChI is InChI=1S/C33H22N2/c1-3-7-25-19(5-1)13-21-9-10-26-27(31(21)25)17-22-14-23-15-24-18-34-12-11-30(24)35-29-8-4-2-6-20(29)16-28(32(22)26)33(23)35/h1-12,14,18H,13,15-17H2. The summed E-state index contributed by atoms with van der Waals surface area (Å²) in [4.78, 5) is 6.99. The number of nitrogens with zero attached hydrogens (tertiary/aromatic N) is 2. The van der Waals surface area contributed by atoms with Gasteiger partial charge >= 0.3 is 0 Å². The van der Waals surface area contributed by atoms with E-state index < -0.39 is 0 Å². The van der Waals surface area contributed by atoms with Gasteiger partial charge in [-0.05, 0) is 91.7 Å². The van der Waals surface area contributed by atoms with Gasteiger partial charge in [0.05, 0.1) is 11.4 Å². The Morgan fingerprint density at radius 2 is 1.31 bits per heavy atom. The number of rotatable bonds is 0. The van der Waals surface area contributed by atoms with E-state index in [0.717, 1.165) is 25.7 Å². The second-order valence-electron chi connectivity index (χ2n) is 10.4. The van der Waals surface area contributed by atoms with Crippen LogP contribution in [-0.4, -0.2) is 4.98 Å². The molecule has 2 aliphatic heterocycles. The van der Waals surface area contributed by atoms with Crippen LogP contribution >= 0.6 is 0 Å². The molecule has 0 radical (unpaired) electrons. The van der Waals surface area contributed by atoms with Crippen molar-refractivity contribution in [3.63, 3.8) is 0 Å². The van der Waals surface area contributed by atoms with Gasteiger partial charge in [-0.25, -0.2) is 0 Å². The van der Waals surface area contributed by atoms with Gasteiger partial charge in [-0.15, -0.1) is 0 Å². The first kappa shape index (κ1) is 18.2. The predicted molar refractivity (Wildman–Crippen MR) is 141 cm³/mol. The molecule has 0 spiro atoms. The van der Waals surface area contributed by atoms with Gasteiger partial charge in [0.1, 0.15) is 0 Å². The minimum Gasteiger partial charge on any atom is -0.309 e. The molecule has 4 aromatic carbocycles. The van der Waals surface area contributed by atoms with Crippen molar-refractivity contribution in [2.24, 2.45) is 0 Å². The molecule has 0 fully saturated rings. The monoisotopic (exact) mass is 446 g/mol. The molecule has 4 aliphatic rings. The van der Waals surface area contributed by atoms with Gasteiger partial charge in [0, 0.05) is 30.9 Å². The zero-order valence-corrected chi connectivity index (χ0v) is 19.3. The van der Waals surface area contributed by atoms with Crippen molar-refractivity contribution in [3.8, 4) is 22.3 Å². The van der Waals surface area contributed by atoms with Gasteiger partial charge in [-0.1, -0.05) is 60.7 Å². The first-order chi connectivity index (χ1) is 17.3. The highest BCUT2D eigenvalue weighted by Crippen LogP contribution is 2.56. The molecule has 5 aromatic rings. The van der Waals surface area contributed by atoms with Crippen molar-refractivity contribution < 1.29 is 0 Å². The molecule has 0 atom stereocenters. The summed E-state index contributed by atoms with van der Waals surface area (Å²) >= 11 is 0. The van der Waals surface area contributed by atoms with Crippen LogP contribution < -0.4 is 4.90 Å². The lowest BCUT2D eigenvalue weighted by atomic mass is 9.82. The highest BCUT2D eigenvalue weighted by atomic mass is 15.2. The fourth-order valence-corrected chi connectivity index (χ4v) is 7.25. The topological polar surface area (TPSA) is 16.1 Å². The first-order valence-corrected chi connectivity index (χ1v) is 12.6. The largest absolute Gasteiger partial charge is 0.309 e. The van der Waals surface area contributed by atoms with Crippen LogP contribution in [0.25, 0.3) is 22.3 Å². The molecule has 2 aliphatic carbocycles. The second-order valence-corrected chi connectivity index (χ2v) is 10.4. The predicted octanol–water partition coefficient (Wildman–Crippen LogP) is 7.50. The number of anilines is 3. The van der Waals surface area contributed by atoms with Crippen LogP contribution in [0, 0.1) is 0 Å². The summed E-state index contributed by atoms with van der Waals surface area (Å²) in [6.45, 7) is 0. The van der Waals surface area contributed by atoms with Gasteiger partial charge in [-0.3, -0.25) is 4.98 Å². The van der Waals surface area contributed by atoms with Gasteiger partial charge < -0.3 is 4.90 Å². The molecule has 3 heterocycles. The molecule has 1 aromatic heterocycles. The zero-order valence-electron chi connectivity index (χ0n) is 19.3. The molecule has 164 valence electrons. The number of fused-ring (bicyclic) bond motifs is 12. The molecule has 0 amide bonds. The summed E-state index contributed by atoms with van der Waals surface area (Å²) in [5.41, 5.74) is 21.5. The molecule has 0 saturated heterocycles. The first-order valence-electron chi connectivity index (χ1n) is 12.6. The van der Waals surface area contributed by atoms with E-state index in [1.165, 1.54) is 83.8 Å². The maximum atomic E-state index is 4.47. The molecular formula is C33H22N2. The van der Waals surface area contributed by atoms with Gasteiger partial charge in [0.2, 0.25) is 0 Å². The Bertz CT molecular complexity index is 1750. The van der Waals surface area contributed by atoms with Crippen molar-refractivity contribution in [2.75, 3.05) is 4.90 Å². The van der Waals surface area contributed by atoms with Crippen LogP contribution in [0.1, 0.15) is 44.5 Å². The molecule has 0 saturated carbocycles. The maximum Gasteiger partial charge on any atom is 0.0539 e. The van der Waals surface area contributed by atoms with E-state index >= 15 is 0 Å². The Labute approximate surface area is 204 Å². The number of pyridine rings is 1. The Morgan fingerprint density at radius 3 is 2.29 bits per heavy atom. The van der Waals surface area contributed by atoms with E-state index in [9.17, 15) is 0 Å². The summed E-state index contributed by atoms with van der Waals surface area (Å²) < 4.78 is 0. The fourth-order valence-electron chi connectivity index (χ4n) is 7.25. The van der Waals surface area contributed by atoms with Gasteiger partial charge in [0.15, 0.2) is 0 Å². The van der Waals surface area contributed by atoms with Crippen molar-refractivity contribution in [1.29, 1.82) is 0 Å². The lowest BCUT2D eigenvalue weighted by molar-refractivity contribution is 0.996. The Hall–Kier alpha value is -4.17. The van der Waals surface area contributed by atoms with Crippen molar-refractivity contribution in [3.05, 3.63) is 130 Å². The van der Waals surface area contributed by atoms with E-state index in [0.29, 0.717) is 0 Å². The van der Waals surface area contributed by atoms with Crippen molar-refractivity contribution >= 4 is 17.1 Å². The van der Waals surface area contributed by atoms with Crippen LogP contribution in [0.15, 0.2) is 85.2 Å². The maximum absolute atomic E-state index is 4.47. The zero-order chi connectivity index (χ0) is 22.7. The van der Waals surface area contributed by atoms with E-state index in [1.54, 1.807) is 0 Å². The van der Waals surface area contributed by atoms with Crippen LogP contribution in [0.4, 0.5) is 17.1 Å². The Morgan fingerprint density at radius 1 is 0.543 bits per heavy atom. The molecule has 2 nitrogen and oxygen atoms in total. The highest BCUT2D eigenvalue weighted by Gasteiger charge is 2.37. The summed E-state index contributed by atoms with van der Waals surface area (Å²) in [6, 6.07) is 27.4. The highest BCUT2D eigenvalue weighted by molar-refractivity contribution is 5.98. The van der Waals surface area contributed by atoms with E-state index in [2.05, 4.69) is 88.9 Å². The number of para-hydroxylation sites is 1. The normalized spacial score (nSPS) is 14.9. The average Bonchev–Trinajstić information content (AvgIpc) is 3.46. The summed E-state index contributed by atoms with van der Waals surface area (Å²) in [5.74, 6) is 0. The molecule has 0 unspecified atom stereocenters. The number of benzene rings is 4. The van der Waals surface area contributed by atoms with E-state index in [-0.39, 0.29) is 0 Å². The van der Waals surface area contributed by atoms with E-state index in [4.69, 9.17) is 0 Å². The number of aromatic nitrogens is 1. The summed E-state index contributed by atoms with van der Waals surface area (Å²) in [7, 11) is 0. The van der Waals surface area contributed by atoms with Crippen LogP contribution in [-0.2, 0) is 25.7 Å². The SMILES string of the molecule is c1ccc2c(c1)Cc1ccc3c(c1-2)Cc1cc2c4c(c1-3)Cc1ccccc1N4c1ccncc1C2. The lowest BCUT2D eigenvalue weighted by Crippen LogP contribution is -2.25. The van der Waals surface area contributed by atoms with Crippen LogP contribution in [0.5, 0.6) is 0 Å². The second kappa shape index (κ2) is 6.28. The average molecular weight is 447 g/mol. The molecule has 35 heavy (non-hydrogen) atoms. The quantitative estimate of drug-likeness (QED) is 0.240. The van der Waals surface area contributed by atoms with Crippen LogP contribution in [0.3, 0.4) is 0 Å². The van der Waals surface area contributed by atoms with Gasteiger partial charge in [-0.2, -0.15) is 0 Å². The third-order valence-corrected chi connectivity index (χ3v) is 8.59. The van der Waals surface area contributed by atoms with Crippen molar-refractivity contribution in [2.45, 2.75) is 25.7 Å². The lowest BCUT2D eigenvalue weighted by Gasteiger charge is -2.40. The third-order valence-electron chi connectivity index (χ3n) is 8.59. The molecule has 0 bridgehead atoms. The molecular weight excluding hydrogens is 424 g/mol. The molecule has 2 heteroatoms. The van der Waals surface area contributed by atoms with E-state index in [1.807, 2.05) is 6.20 Å². The third kappa shape index (κ3) is 2.23. The van der Waals surface area contributed by atoms with Gasteiger partial charge in [0.25, 0.3) is 0 Å². The summed E-state index contributed by atoms with van der Waals surface area (Å²) in [5, 5.41) is 0. The van der Waals surface area contributed by atoms with Crippen molar-refractivity contribution in [1.82, 2.24) is 4.98 Å². The summed E-state index contributed by atoms with van der Waals surface area (Å²) in [6.07, 6.45) is 8.03. The number of hydrogen-bond donors (Lipinski definition) is 0. The minimum absolute atomic E-state index is 0.953.